The van der Waals surface area contributed by atoms with E-state index in [1.807, 2.05) is 31.1 Å². The quantitative estimate of drug-likeness (QED) is 0.658. The van der Waals surface area contributed by atoms with Gasteiger partial charge in [-0.2, -0.15) is 5.26 Å². The van der Waals surface area contributed by atoms with Crippen molar-refractivity contribution in [2.24, 2.45) is 5.92 Å². The van der Waals surface area contributed by atoms with Gasteiger partial charge in [-0.05, 0) is 39.2 Å². The molecule has 2 heterocycles. The molecule has 2 aliphatic heterocycles. The summed E-state index contributed by atoms with van der Waals surface area (Å²) in [5.74, 6) is -0.892. The molecule has 3 rings (SSSR count). The second-order valence-electron chi connectivity index (χ2n) is 6.57. The van der Waals surface area contributed by atoms with E-state index in [0.29, 0.717) is 6.42 Å². The molecule has 0 fully saturated rings. The number of thioether (sulfide) groups is 1. The summed E-state index contributed by atoms with van der Waals surface area (Å²) < 4.78 is 0. The average Bonchev–Trinajstić information content (AvgIpc) is 3.02. The van der Waals surface area contributed by atoms with Gasteiger partial charge in [0.1, 0.15) is 11.4 Å². The fourth-order valence-corrected chi connectivity index (χ4v) is 4.31. The number of fused-ring (bicyclic) bond motifs is 3. The third kappa shape index (κ3) is 3.75. The van der Waals surface area contributed by atoms with Crippen LogP contribution in [0.1, 0.15) is 12.0 Å². The Balaban J connectivity index is 1.74. The largest absolute Gasteiger partial charge is 0.381 e. The molecule has 0 saturated carbocycles. The van der Waals surface area contributed by atoms with Gasteiger partial charge in [-0.3, -0.25) is 9.69 Å². The predicted octanol–water partition coefficient (Wildman–Crippen LogP) is 1.33. The number of nitrogens with one attached hydrogen (secondary N) is 2. The highest BCUT2D eigenvalue weighted by atomic mass is 32.2. The minimum atomic E-state index is -0.654. The van der Waals surface area contributed by atoms with E-state index in [2.05, 4.69) is 21.6 Å². The number of hydrogen-bond acceptors (Lipinski definition) is 7. The van der Waals surface area contributed by atoms with Gasteiger partial charge < -0.3 is 20.6 Å². The van der Waals surface area contributed by atoms with E-state index in [0.717, 1.165) is 41.3 Å². The summed E-state index contributed by atoms with van der Waals surface area (Å²) in [5, 5.41) is 25.2. The third-order valence-corrected chi connectivity index (χ3v) is 5.72. The van der Waals surface area contributed by atoms with Gasteiger partial charge in [0.05, 0.1) is 18.5 Å². The van der Waals surface area contributed by atoms with Gasteiger partial charge in [-0.1, -0.05) is 11.8 Å². The Morgan fingerprint density at radius 1 is 1.40 bits per heavy atom. The highest BCUT2D eigenvalue weighted by Crippen LogP contribution is 2.46. The van der Waals surface area contributed by atoms with E-state index in [1.165, 1.54) is 0 Å². The third-order valence-electron chi connectivity index (χ3n) is 4.48. The van der Waals surface area contributed by atoms with Gasteiger partial charge in [0.15, 0.2) is 0 Å². The molecule has 2 unspecified atom stereocenters. The maximum Gasteiger partial charge on any atom is 0.242 e. The molecule has 134 valence electrons. The molecule has 0 aliphatic carbocycles. The molecule has 0 bridgehead atoms. The molecule has 0 spiro atoms. The number of benzene rings is 1. The van der Waals surface area contributed by atoms with Crippen molar-refractivity contribution in [2.45, 2.75) is 23.2 Å². The summed E-state index contributed by atoms with van der Waals surface area (Å²) in [6.45, 7) is 1.73. The molecule has 2 aliphatic rings. The number of anilines is 2. The van der Waals surface area contributed by atoms with Crippen LogP contribution in [-0.2, 0) is 11.2 Å². The van der Waals surface area contributed by atoms with E-state index >= 15 is 0 Å². The van der Waals surface area contributed by atoms with Crippen LogP contribution in [0.4, 0.5) is 11.4 Å². The van der Waals surface area contributed by atoms with Gasteiger partial charge in [0.25, 0.3) is 0 Å². The van der Waals surface area contributed by atoms with Crippen molar-refractivity contribution in [3.63, 3.8) is 0 Å². The van der Waals surface area contributed by atoms with Crippen LogP contribution in [0.3, 0.4) is 0 Å². The Morgan fingerprint density at radius 3 is 2.88 bits per heavy atom. The highest BCUT2D eigenvalue weighted by molar-refractivity contribution is 8.00. The van der Waals surface area contributed by atoms with E-state index in [4.69, 9.17) is 0 Å². The van der Waals surface area contributed by atoms with Crippen LogP contribution in [0, 0.1) is 17.2 Å². The minimum absolute atomic E-state index is 0.0220. The Bertz CT molecular complexity index is 703. The second kappa shape index (κ2) is 7.62. The van der Waals surface area contributed by atoms with Crippen molar-refractivity contribution < 1.29 is 9.90 Å². The van der Waals surface area contributed by atoms with Gasteiger partial charge in [-0.25, -0.2) is 0 Å². The predicted molar refractivity (Wildman–Crippen MR) is 98.1 cm³/mol. The smallest absolute Gasteiger partial charge is 0.242 e. The minimum Gasteiger partial charge on any atom is -0.381 e. The summed E-state index contributed by atoms with van der Waals surface area (Å²) in [7, 11) is 4.07. The first-order chi connectivity index (χ1) is 12.0. The fourth-order valence-electron chi connectivity index (χ4n) is 3.12. The lowest BCUT2D eigenvalue weighted by atomic mass is 9.93. The molecule has 25 heavy (non-hydrogen) atoms. The number of nitrogens with zero attached hydrogens (tertiary/aromatic N) is 3. The Kier molecular flexibility index (Phi) is 5.49. The van der Waals surface area contributed by atoms with E-state index < -0.39 is 5.92 Å². The summed E-state index contributed by atoms with van der Waals surface area (Å²) in [4.78, 5) is 17.1. The van der Waals surface area contributed by atoms with Crippen LogP contribution >= 0.6 is 11.8 Å². The first kappa shape index (κ1) is 18.0. The molecule has 0 saturated heterocycles. The van der Waals surface area contributed by atoms with Crippen LogP contribution in [0.2, 0.25) is 0 Å². The molecular formula is C17H23N5O2S. The van der Waals surface area contributed by atoms with Crippen LogP contribution in [0.15, 0.2) is 17.0 Å². The van der Waals surface area contributed by atoms with Crippen molar-refractivity contribution in [3.05, 3.63) is 17.7 Å². The number of aliphatic hydroxyl groups excluding tert-OH is 1. The van der Waals surface area contributed by atoms with Crippen LogP contribution in [-0.4, -0.2) is 60.2 Å². The number of hydrogen-bond donors (Lipinski definition) is 3. The molecule has 0 aromatic heterocycles. The van der Waals surface area contributed by atoms with Gasteiger partial charge in [0, 0.05) is 29.1 Å². The zero-order chi connectivity index (χ0) is 18.0. The fraction of sp³-hybridized carbons (Fsp3) is 0.529. The Hall–Kier alpha value is -1.79. The number of aliphatic hydroxyl groups is 1. The van der Waals surface area contributed by atoms with Gasteiger partial charge in [-0.15, -0.1) is 0 Å². The SMILES string of the molecule is CN(C)CCCN(CO)C1Nc2c(ccc3c2CC(C#N)C(=O)N3)S1. The summed E-state index contributed by atoms with van der Waals surface area (Å²) in [6.07, 6.45) is 1.38. The lowest BCUT2D eigenvalue weighted by Crippen LogP contribution is -2.39. The maximum absolute atomic E-state index is 11.9. The maximum atomic E-state index is 11.9. The molecule has 1 aromatic rings. The van der Waals surface area contributed by atoms with Gasteiger partial charge in [0.2, 0.25) is 5.91 Å². The first-order valence-corrected chi connectivity index (χ1v) is 9.20. The van der Waals surface area contributed by atoms with Gasteiger partial charge >= 0.3 is 0 Å². The van der Waals surface area contributed by atoms with Crippen molar-refractivity contribution >= 4 is 29.0 Å². The molecule has 1 aromatic carbocycles. The number of carbonyl (C=O) groups is 1. The van der Waals surface area contributed by atoms with Crippen molar-refractivity contribution in [1.82, 2.24) is 9.80 Å². The van der Waals surface area contributed by atoms with E-state index in [1.54, 1.807) is 11.8 Å². The lowest BCUT2D eigenvalue weighted by molar-refractivity contribution is -0.118. The Morgan fingerprint density at radius 2 is 2.20 bits per heavy atom. The number of carbonyl (C=O) groups excluding carboxylic acids is 1. The van der Waals surface area contributed by atoms with Crippen molar-refractivity contribution in [2.75, 3.05) is 44.5 Å². The number of rotatable bonds is 6. The topological polar surface area (TPSA) is 91.6 Å². The molecule has 1 amide bonds. The van der Waals surface area contributed by atoms with Crippen LogP contribution in [0.25, 0.3) is 0 Å². The Labute approximate surface area is 152 Å². The molecule has 2 atom stereocenters. The van der Waals surface area contributed by atoms with E-state index in [-0.39, 0.29) is 18.1 Å². The molecular weight excluding hydrogens is 338 g/mol. The summed E-state index contributed by atoms with van der Waals surface area (Å²) in [6, 6.07) is 5.94. The summed E-state index contributed by atoms with van der Waals surface area (Å²) in [5.41, 5.74) is 2.67. The zero-order valence-corrected chi connectivity index (χ0v) is 15.3. The standard InChI is InChI=1S/C17H23N5O2S/c1-21(2)6-3-7-22(10-23)17-20-15-12-8-11(9-18)16(24)19-13(12)4-5-14(15)25-17/h4-5,11,17,20,23H,3,6-8,10H2,1-2H3,(H,19,24). The zero-order valence-electron chi connectivity index (χ0n) is 14.5. The summed E-state index contributed by atoms with van der Waals surface area (Å²) >= 11 is 1.66. The number of amides is 1. The van der Waals surface area contributed by atoms with Crippen LogP contribution in [0.5, 0.6) is 0 Å². The number of nitriles is 1. The molecule has 3 N–H and O–H groups in total. The lowest BCUT2D eigenvalue weighted by Gasteiger charge is -2.27. The molecule has 7 nitrogen and oxygen atoms in total. The van der Waals surface area contributed by atoms with Crippen molar-refractivity contribution in [3.8, 4) is 6.07 Å². The first-order valence-electron chi connectivity index (χ1n) is 8.32. The highest BCUT2D eigenvalue weighted by Gasteiger charge is 2.34. The molecule has 8 heteroatoms. The van der Waals surface area contributed by atoms with Crippen LogP contribution < -0.4 is 10.6 Å². The normalized spacial score (nSPS) is 21.5. The molecule has 0 radical (unpaired) electrons. The second-order valence-corrected chi connectivity index (χ2v) is 7.69. The van der Waals surface area contributed by atoms with E-state index in [9.17, 15) is 15.2 Å². The monoisotopic (exact) mass is 361 g/mol. The average molecular weight is 361 g/mol. The van der Waals surface area contributed by atoms with Crippen molar-refractivity contribution in [1.29, 1.82) is 5.26 Å².